The Morgan fingerprint density at radius 3 is 2.32 bits per heavy atom. The van der Waals surface area contributed by atoms with E-state index in [1.54, 1.807) is 0 Å². The number of hydrogen-bond donors (Lipinski definition) is 0. The van der Waals surface area contributed by atoms with Crippen molar-refractivity contribution in [2.75, 3.05) is 13.1 Å². The summed E-state index contributed by atoms with van der Waals surface area (Å²) in [5.74, 6) is 0. The molecule has 122 valence electrons. The topological polar surface area (TPSA) is 89.8 Å². The molecule has 0 N–H and O–H groups in total. The van der Waals surface area contributed by atoms with Crippen LogP contribution < -0.4 is 0 Å². The van der Waals surface area contributed by atoms with Crippen LogP contribution in [0.2, 0.25) is 0 Å². The van der Waals surface area contributed by atoms with Gasteiger partial charge in [-0.3, -0.25) is 19.2 Å². The standard InChI is InChI=1S/C14H20N2O5S/c1-14(2,3)15-9-8-12(10-15)21-22(19,20)13-6-4-11(5-7-13)16(17)18/h4-7,12H,8-10H2,1-3H3/t12-/m1/s1. The van der Waals surface area contributed by atoms with Crippen LogP contribution in [0.1, 0.15) is 27.2 Å². The third kappa shape index (κ3) is 3.82. The lowest BCUT2D eigenvalue weighted by molar-refractivity contribution is -0.384. The quantitative estimate of drug-likeness (QED) is 0.478. The van der Waals surface area contributed by atoms with Crippen LogP contribution >= 0.6 is 0 Å². The average Bonchev–Trinajstić information content (AvgIpc) is 2.86. The third-order valence-electron chi connectivity index (χ3n) is 3.69. The Morgan fingerprint density at radius 2 is 1.86 bits per heavy atom. The van der Waals surface area contributed by atoms with Gasteiger partial charge >= 0.3 is 0 Å². The highest BCUT2D eigenvalue weighted by Crippen LogP contribution is 2.25. The summed E-state index contributed by atoms with van der Waals surface area (Å²) in [6.07, 6.45) is 0.253. The molecular weight excluding hydrogens is 308 g/mol. The summed E-state index contributed by atoms with van der Waals surface area (Å²) in [6, 6.07) is 4.71. The van der Waals surface area contributed by atoms with Crippen molar-refractivity contribution in [1.29, 1.82) is 0 Å². The lowest BCUT2D eigenvalue weighted by atomic mass is 10.1. The van der Waals surface area contributed by atoms with E-state index < -0.39 is 15.0 Å². The molecule has 1 heterocycles. The molecule has 1 aromatic carbocycles. The number of nitro benzene ring substituents is 1. The van der Waals surface area contributed by atoms with Crippen LogP contribution in [0.5, 0.6) is 0 Å². The second-order valence-electron chi connectivity index (χ2n) is 6.33. The van der Waals surface area contributed by atoms with Crippen LogP contribution in [0.25, 0.3) is 0 Å². The lowest BCUT2D eigenvalue weighted by Crippen LogP contribution is -2.40. The van der Waals surface area contributed by atoms with E-state index in [1.165, 1.54) is 12.1 Å². The Labute approximate surface area is 130 Å². The third-order valence-corrected chi connectivity index (χ3v) is 5.07. The number of nitrogens with zero attached hydrogens (tertiary/aromatic N) is 2. The largest absolute Gasteiger partial charge is 0.297 e. The number of benzene rings is 1. The first-order valence-corrected chi connectivity index (χ1v) is 8.43. The Balaban J connectivity index is 2.07. The van der Waals surface area contributed by atoms with Gasteiger partial charge in [-0.15, -0.1) is 0 Å². The van der Waals surface area contributed by atoms with Gasteiger partial charge in [-0.05, 0) is 39.3 Å². The van der Waals surface area contributed by atoms with Crippen LogP contribution in [0.4, 0.5) is 5.69 Å². The summed E-state index contributed by atoms with van der Waals surface area (Å²) in [5, 5.41) is 10.6. The van der Waals surface area contributed by atoms with Crippen LogP contribution in [0.3, 0.4) is 0 Å². The van der Waals surface area contributed by atoms with Crippen LogP contribution in [-0.2, 0) is 14.3 Å². The molecular formula is C14H20N2O5S. The van der Waals surface area contributed by atoms with Crippen molar-refractivity contribution in [3.63, 3.8) is 0 Å². The number of hydrogen-bond acceptors (Lipinski definition) is 6. The maximum Gasteiger partial charge on any atom is 0.297 e. The fourth-order valence-corrected chi connectivity index (χ4v) is 3.48. The Morgan fingerprint density at radius 1 is 1.27 bits per heavy atom. The molecule has 1 aliphatic heterocycles. The Hall–Kier alpha value is -1.51. The summed E-state index contributed by atoms with van der Waals surface area (Å²) < 4.78 is 29.7. The van der Waals surface area contributed by atoms with E-state index in [0.29, 0.717) is 13.0 Å². The number of rotatable bonds is 4. The minimum Gasteiger partial charge on any atom is -0.296 e. The molecule has 1 fully saturated rings. The smallest absolute Gasteiger partial charge is 0.296 e. The first-order valence-electron chi connectivity index (χ1n) is 7.02. The van der Waals surface area contributed by atoms with E-state index in [-0.39, 0.29) is 22.2 Å². The summed E-state index contributed by atoms with van der Waals surface area (Å²) in [4.78, 5) is 12.1. The Bertz CT molecular complexity index is 649. The van der Waals surface area contributed by atoms with Gasteiger partial charge in [-0.25, -0.2) is 0 Å². The molecule has 2 rings (SSSR count). The van der Waals surface area contributed by atoms with E-state index in [1.807, 2.05) is 0 Å². The van der Waals surface area contributed by atoms with Gasteiger partial charge in [0.1, 0.15) is 0 Å². The van der Waals surface area contributed by atoms with Gasteiger partial charge in [0.15, 0.2) is 0 Å². The molecule has 0 radical (unpaired) electrons. The molecule has 0 spiro atoms. The van der Waals surface area contributed by atoms with Crippen LogP contribution in [0, 0.1) is 10.1 Å². The molecule has 22 heavy (non-hydrogen) atoms. The van der Waals surface area contributed by atoms with E-state index in [9.17, 15) is 18.5 Å². The summed E-state index contributed by atoms with van der Waals surface area (Å²) in [5.41, 5.74) is -0.186. The minimum absolute atomic E-state index is 0.0325. The summed E-state index contributed by atoms with van der Waals surface area (Å²) >= 11 is 0. The molecule has 7 nitrogen and oxygen atoms in total. The predicted molar refractivity (Wildman–Crippen MR) is 81.1 cm³/mol. The fourth-order valence-electron chi connectivity index (χ4n) is 2.39. The van der Waals surface area contributed by atoms with Gasteiger partial charge in [0.25, 0.3) is 15.8 Å². The SMILES string of the molecule is CC(C)(C)N1CC[C@@H](OS(=O)(=O)c2ccc([N+](=O)[O-])cc2)C1. The van der Waals surface area contributed by atoms with Gasteiger partial charge in [0, 0.05) is 30.8 Å². The van der Waals surface area contributed by atoms with Crippen molar-refractivity contribution in [3.8, 4) is 0 Å². The first kappa shape index (κ1) is 16.9. The monoisotopic (exact) mass is 328 g/mol. The van der Waals surface area contributed by atoms with Crippen molar-refractivity contribution >= 4 is 15.8 Å². The van der Waals surface area contributed by atoms with Gasteiger partial charge in [0.2, 0.25) is 0 Å². The zero-order chi connectivity index (χ0) is 16.5. The highest BCUT2D eigenvalue weighted by molar-refractivity contribution is 7.86. The van der Waals surface area contributed by atoms with Crippen molar-refractivity contribution < 1.29 is 17.5 Å². The van der Waals surface area contributed by atoms with Crippen molar-refractivity contribution in [2.24, 2.45) is 0 Å². The van der Waals surface area contributed by atoms with Gasteiger partial charge in [-0.1, -0.05) is 0 Å². The maximum absolute atomic E-state index is 12.2. The van der Waals surface area contributed by atoms with Crippen molar-refractivity contribution in [2.45, 2.75) is 43.7 Å². The second-order valence-corrected chi connectivity index (χ2v) is 7.90. The molecule has 0 amide bonds. The maximum atomic E-state index is 12.2. The van der Waals surface area contributed by atoms with E-state index in [0.717, 1.165) is 18.7 Å². The molecule has 0 bridgehead atoms. The molecule has 0 aromatic heterocycles. The van der Waals surface area contributed by atoms with E-state index in [2.05, 4.69) is 25.7 Å². The Kier molecular flexibility index (Phi) is 4.55. The van der Waals surface area contributed by atoms with E-state index in [4.69, 9.17) is 4.18 Å². The molecule has 0 saturated carbocycles. The number of nitro groups is 1. The van der Waals surface area contributed by atoms with Gasteiger partial charge < -0.3 is 0 Å². The van der Waals surface area contributed by atoms with Gasteiger partial charge in [0.05, 0.1) is 15.9 Å². The fraction of sp³-hybridized carbons (Fsp3) is 0.571. The van der Waals surface area contributed by atoms with Crippen molar-refractivity contribution in [3.05, 3.63) is 34.4 Å². The predicted octanol–water partition coefficient (Wildman–Crippen LogP) is 2.17. The average molecular weight is 328 g/mol. The first-order chi connectivity index (χ1) is 10.1. The van der Waals surface area contributed by atoms with Gasteiger partial charge in [-0.2, -0.15) is 8.42 Å². The minimum atomic E-state index is -3.90. The molecule has 0 unspecified atom stereocenters. The molecule has 1 saturated heterocycles. The number of non-ortho nitro benzene ring substituents is 1. The van der Waals surface area contributed by atoms with Crippen LogP contribution in [-0.4, -0.2) is 43.0 Å². The van der Waals surface area contributed by atoms with Crippen LogP contribution in [0.15, 0.2) is 29.2 Å². The zero-order valence-electron chi connectivity index (χ0n) is 12.9. The zero-order valence-corrected chi connectivity index (χ0v) is 13.7. The number of likely N-dealkylation sites (tertiary alicyclic amines) is 1. The highest BCUT2D eigenvalue weighted by Gasteiger charge is 2.33. The highest BCUT2D eigenvalue weighted by atomic mass is 32.2. The summed E-state index contributed by atoms with van der Waals surface area (Å²) in [7, 11) is -3.90. The summed E-state index contributed by atoms with van der Waals surface area (Å²) in [6.45, 7) is 7.54. The molecule has 1 aromatic rings. The molecule has 0 aliphatic carbocycles. The lowest BCUT2D eigenvalue weighted by Gasteiger charge is -2.31. The molecule has 1 atom stereocenters. The second kappa shape index (κ2) is 5.94. The van der Waals surface area contributed by atoms with E-state index >= 15 is 0 Å². The molecule has 8 heteroatoms. The van der Waals surface area contributed by atoms with Crippen molar-refractivity contribution in [1.82, 2.24) is 4.90 Å². The normalized spacial score (nSPS) is 20.2. The molecule has 1 aliphatic rings.